The van der Waals surface area contributed by atoms with Gasteiger partial charge in [0.1, 0.15) is 0 Å². The van der Waals surface area contributed by atoms with Gasteiger partial charge in [-0.15, -0.1) is 0 Å². The van der Waals surface area contributed by atoms with E-state index < -0.39 is 0 Å². The second kappa shape index (κ2) is 5.62. The molecule has 1 heterocycles. The van der Waals surface area contributed by atoms with Gasteiger partial charge in [0.05, 0.1) is 13.3 Å². The van der Waals surface area contributed by atoms with Crippen molar-refractivity contribution in [3.63, 3.8) is 0 Å². The number of nitrogens with zero attached hydrogens (tertiary/aromatic N) is 2. The van der Waals surface area contributed by atoms with Gasteiger partial charge in [-0.3, -0.25) is 5.01 Å². The summed E-state index contributed by atoms with van der Waals surface area (Å²) in [6, 6.07) is 3.10. The van der Waals surface area contributed by atoms with Gasteiger partial charge >= 0.3 is 0 Å². The van der Waals surface area contributed by atoms with Crippen molar-refractivity contribution in [1.82, 2.24) is 5.01 Å². The normalized spacial score (nSPS) is 16.2. The molecule has 18 heavy (non-hydrogen) atoms. The van der Waals surface area contributed by atoms with Crippen LogP contribution in [-0.4, -0.2) is 41.6 Å². The molecule has 0 saturated carbocycles. The van der Waals surface area contributed by atoms with E-state index in [0.29, 0.717) is 5.56 Å². The van der Waals surface area contributed by atoms with Gasteiger partial charge < -0.3 is 14.9 Å². The van der Waals surface area contributed by atoms with Crippen LogP contribution in [0.4, 0.5) is 0 Å². The minimum absolute atomic E-state index is 0.200. The molecule has 5 nitrogen and oxygen atoms in total. The van der Waals surface area contributed by atoms with Crippen molar-refractivity contribution in [2.45, 2.75) is 19.3 Å². The fourth-order valence-corrected chi connectivity index (χ4v) is 1.98. The average molecular weight is 250 g/mol. The molecule has 2 rings (SSSR count). The van der Waals surface area contributed by atoms with Crippen LogP contribution in [0.15, 0.2) is 17.2 Å². The quantitative estimate of drug-likeness (QED) is 0.635. The minimum atomic E-state index is -0.243. The van der Waals surface area contributed by atoms with E-state index in [4.69, 9.17) is 4.74 Å². The maximum absolute atomic E-state index is 9.54. The molecule has 5 heteroatoms. The fraction of sp³-hybridized carbons (Fsp3) is 0.462. The first-order chi connectivity index (χ1) is 8.70. The highest BCUT2D eigenvalue weighted by Gasteiger charge is 2.09. The summed E-state index contributed by atoms with van der Waals surface area (Å²) in [5, 5.41) is 25.4. The van der Waals surface area contributed by atoms with Gasteiger partial charge in [-0.1, -0.05) is 0 Å². The summed E-state index contributed by atoms with van der Waals surface area (Å²) >= 11 is 0. The summed E-state index contributed by atoms with van der Waals surface area (Å²) in [5.41, 5.74) is 0.702. The number of phenols is 2. The first kappa shape index (κ1) is 12.5. The zero-order valence-electron chi connectivity index (χ0n) is 10.5. The molecule has 2 N–H and O–H groups in total. The van der Waals surface area contributed by atoms with Crippen LogP contribution in [0, 0.1) is 0 Å². The Bertz CT molecular complexity index is 440. The van der Waals surface area contributed by atoms with Gasteiger partial charge in [-0.05, 0) is 31.4 Å². The average Bonchev–Trinajstić information content (AvgIpc) is 2.41. The van der Waals surface area contributed by atoms with Gasteiger partial charge in [0, 0.05) is 18.7 Å². The second-order valence-electron chi connectivity index (χ2n) is 4.35. The number of benzene rings is 1. The maximum atomic E-state index is 9.54. The Balaban J connectivity index is 2.13. The first-order valence-corrected chi connectivity index (χ1v) is 6.09. The van der Waals surface area contributed by atoms with E-state index in [9.17, 15) is 10.2 Å². The van der Waals surface area contributed by atoms with Crippen molar-refractivity contribution in [3.05, 3.63) is 17.7 Å². The lowest BCUT2D eigenvalue weighted by Crippen LogP contribution is -2.24. The summed E-state index contributed by atoms with van der Waals surface area (Å²) < 4.78 is 4.97. The summed E-state index contributed by atoms with van der Waals surface area (Å²) in [4.78, 5) is 0. The van der Waals surface area contributed by atoms with Crippen LogP contribution < -0.4 is 4.74 Å². The molecular weight excluding hydrogens is 232 g/mol. The van der Waals surface area contributed by atoms with Crippen LogP contribution in [0.3, 0.4) is 0 Å². The third-order valence-electron chi connectivity index (χ3n) is 3.00. The lowest BCUT2D eigenvalue weighted by molar-refractivity contribution is 0.240. The van der Waals surface area contributed by atoms with E-state index in [-0.39, 0.29) is 17.2 Å². The van der Waals surface area contributed by atoms with Crippen molar-refractivity contribution in [2.24, 2.45) is 5.10 Å². The second-order valence-corrected chi connectivity index (χ2v) is 4.35. The fourth-order valence-electron chi connectivity index (χ4n) is 1.98. The molecule has 0 bridgehead atoms. The topological polar surface area (TPSA) is 65.3 Å². The summed E-state index contributed by atoms with van der Waals surface area (Å²) in [6.07, 6.45) is 5.27. The smallest absolute Gasteiger partial charge is 0.200 e. The third-order valence-corrected chi connectivity index (χ3v) is 3.00. The number of hydrazone groups is 1. The lowest BCUT2D eigenvalue weighted by atomic mass is 10.2. The van der Waals surface area contributed by atoms with Gasteiger partial charge in [-0.25, -0.2) is 0 Å². The largest absolute Gasteiger partial charge is 0.504 e. The molecule has 1 aromatic carbocycles. The Kier molecular flexibility index (Phi) is 3.92. The van der Waals surface area contributed by atoms with Crippen LogP contribution in [0.25, 0.3) is 0 Å². The summed E-state index contributed by atoms with van der Waals surface area (Å²) in [5.74, 6) is -0.197. The van der Waals surface area contributed by atoms with Gasteiger partial charge in [0.2, 0.25) is 5.75 Å². The number of ether oxygens (including phenoxy) is 1. The Morgan fingerprint density at radius 1 is 1.22 bits per heavy atom. The van der Waals surface area contributed by atoms with Crippen LogP contribution in [0.1, 0.15) is 24.8 Å². The number of aromatic hydroxyl groups is 2. The molecule has 98 valence electrons. The highest BCUT2D eigenvalue weighted by Crippen LogP contribution is 2.35. The summed E-state index contributed by atoms with van der Waals surface area (Å²) in [7, 11) is 1.44. The molecule has 0 radical (unpaired) electrons. The van der Waals surface area contributed by atoms with Crippen molar-refractivity contribution < 1.29 is 14.9 Å². The predicted octanol–water partition coefficient (Wildman–Crippen LogP) is 1.93. The monoisotopic (exact) mass is 250 g/mol. The van der Waals surface area contributed by atoms with Crippen molar-refractivity contribution in [1.29, 1.82) is 0 Å². The van der Waals surface area contributed by atoms with Crippen molar-refractivity contribution in [2.75, 3.05) is 20.2 Å². The predicted molar refractivity (Wildman–Crippen MR) is 69.3 cm³/mol. The zero-order valence-corrected chi connectivity index (χ0v) is 10.5. The van der Waals surface area contributed by atoms with Crippen LogP contribution in [0.2, 0.25) is 0 Å². The molecule has 0 aromatic heterocycles. The molecule has 0 unspecified atom stereocenters. The third kappa shape index (κ3) is 2.85. The van der Waals surface area contributed by atoms with E-state index in [1.54, 1.807) is 12.3 Å². The standard InChI is InChI=1S/C13H18N2O3/c1-18-12-8-10(7-11(16)13(12)17)9-14-15-5-3-2-4-6-15/h7-9,16-17H,2-6H2,1H3/b14-9+. The molecule has 0 spiro atoms. The minimum Gasteiger partial charge on any atom is -0.504 e. The number of hydrogen-bond donors (Lipinski definition) is 2. The Labute approximate surface area is 106 Å². The van der Waals surface area contributed by atoms with E-state index >= 15 is 0 Å². The Hall–Kier alpha value is -1.91. The van der Waals surface area contributed by atoms with Gasteiger partial charge in [-0.2, -0.15) is 5.10 Å². The zero-order chi connectivity index (χ0) is 13.0. The van der Waals surface area contributed by atoms with Crippen LogP contribution >= 0.6 is 0 Å². The molecule has 1 aliphatic heterocycles. The molecule has 0 atom stereocenters. The Morgan fingerprint density at radius 3 is 2.61 bits per heavy atom. The van der Waals surface area contributed by atoms with E-state index in [0.717, 1.165) is 13.1 Å². The summed E-state index contributed by atoms with van der Waals surface area (Å²) in [6.45, 7) is 1.94. The SMILES string of the molecule is COc1cc(/C=N/N2CCCCC2)cc(O)c1O. The number of piperidine rings is 1. The van der Waals surface area contributed by atoms with Crippen molar-refractivity contribution >= 4 is 6.21 Å². The van der Waals surface area contributed by atoms with Crippen molar-refractivity contribution in [3.8, 4) is 17.2 Å². The number of hydrogen-bond acceptors (Lipinski definition) is 5. The van der Waals surface area contributed by atoms with Crippen LogP contribution in [-0.2, 0) is 0 Å². The van der Waals surface area contributed by atoms with Crippen LogP contribution in [0.5, 0.6) is 17.2 Å². The molecular formula is C13H18N2O3. The highest BCUT2D eigenvalue weighted by atomic mass is 16.5. The molecule has 0 amide bonds. The highest BCUT2D eigenvalue weighted by molar-refractivity contribution is 5.82. The Morgan fingerprint density at radius 2 is 1.94 bits per heavy atom. The van der Waals surface area contributed by atoms with Gasteiger partial charge in [0.15, 0.2) is 11.5 Å². The molecule has 1 fully saturated rings. The van der Waals surface area contributed by atoms with E-state index in [1.807, 2.05) is 5.01 Å². The number of methoxy groups -OCH3 is 1. The molecule has 1 aromatic rings. The lowest BCUT2D eigenvalue weighted by Gasteiger charge is -2.23. The van der Waals surface area contributed by atoms with E-state index in [2.05, 4.69) is 5.10 Å². The maximum Gasteiger partial charge on any atom is 0.200 e. The number of phenolic OH excluding ortho intramolecular Hbond substituents is 2. The first-order valence-electron chi connectivity index (χ1n) is 6.09. The molecule has 1 aliphatic rings. The molecule has 0 aliphatic carbocycles. The molecule has 1 saturated heterocycles. The number of rotatable bonds is 3. The van der Waals surface area contributed by atoms with Gasteiger partial charge in [0.25, 0.3) is 0 Å². The van der Waals surface area contributed by atoms with E-state index in [1.165, 1.54) is 32.4 Å².